The Kier molecular flexibility index (Phi) is 5.80. The summed E-state index contributed by atoms with van der Waals surface area (Å²) < 4.78 is 0. The summed E-state index contributed by atoms with van der Waals surface area (Å²) in [5.74, 6) is 0. The lowest BCUT2D eigenvalue weighted by molar-refractivity contribution is 0.176. The molecule has 3 aromatic rings. The number of carbonyl (C=O) groups excluding carboxylic acids is 1. The van der Waals surface area contributed by atoms with Crippen LogP contribution in [0.3, 0.4) is 0 Å². The van der Waals surface area contributed by atoms with Crippen LogP contribution < -0.4 is 5.32 Å². The smallest absolute Gasteiger partial charge is 0.318 e. The van der Waals surface area contributed by atoms with Crippen molar-refractivity contribution in [2.75, 3.05) is 27.2 Å². The Bertz CT molecular complexity index is 905. The van der Waals surface area contributed by atoms with Gasteiger partial charge < -0.3 is 15.1 Å². The molecule has 0 fully saturated rings. The van der Waals surface area contributed by atoms with Crippen LogP contribution in [0.1, 0.15) is 33.0 Å². The van der Waals surface area contributed by atoms with E-state index in [0.29, 0.717) is 6.54 Å². The highest BCUT2D eigenvalue weighted by Gasteiger charge is 2.33. The topological polar surface area (TPSA) is 35.6 Å². The van der Waals surface area contributed by atoms with Crippen LogP contribution in [-0.2, 0) is 6.42 Å². The molecule has 0 radical (unpaired) electrons. The monoisotopic (exact) mass is 411 g/mol. The van der Waals surface area contributed by atoms with Gasteiger partial charge in [0.25, 0.3) is 0 Å². The number of nitrogens with zero attached hydrogens (tertiary/aromatic N) is 2. The summed E-state index contributed by atoms with van der Waals surface area (Å²) in [4.78, 5) is 20.0. The number of carbonyl (C=O) groups is 1. The van der Waals surface area contributed by atoms with Crippen LogP contribution in [0.25, 0.3) is 0 Å². The quantitative estimate of drug-likeness (QED) is 0.656. The third-order valence-electron chi connectivity index (χ3n) is 5.28. The summed E-state index contributed by atoms with van der Waals surface area (Å²) in [6.45, 7) is 1.34. The molecule has 4 nitrogen and oxygen atoms in total. The van der Waals surface area contributed by atoms with E-state index in [9.17, 15) is 4.79 Å². The van der Waals surface area contributed by atoms with Gasteiger partial charge in [-0.1, -0.05) is 36.4 Å². The average molecular weight is 412 g/mol. The largest absolute Gasteiger partial charge is 0.336 e. The van der Waals surface area contributed by atoms with Crippen LogP contribution in [0.4, 0.5) is 4.79 Å². The SMILES string of the molecule is CN(C)[C@@H](CNC(=O)N1CCc2sccc2[C@@H]1c1ccccc1)c1cccs1. The molecule has 0 bridgehead atoms. The van der Waals surface area contributed by atoms with E-state index in [1.54, 1.807) is 22.7 Å². The normalized spacial score (nSPS) is 17.4. The lowest BCUT2D eigenvalue weighted by atomic mass is 9.93. The number of benzene rings is 1. The molecule has 3 heterocycles. The molecule has 1 aliphatic rings. The van der Waals surface area contributed by atoms with E-state index in [4.69, 9.17) is 0 Å². The van der Waals surface area contributed by atoms with Crippen LogP contribution in [0.15, 0.2) is 59.3 Å². The van der Waals surface area contributed by atoms with Gasteiger partial charge in [-0.3, -0.25) is 0 Å². The molecule has 1 aromatic carbocycles. The molecule has 2 amide bonds. The minimum absolute atomic E-state index is 0.00843. The second kappa shape index (κ2) is 8.47. The molecule has 28 heavy (non-hydrogen) atoms. The predicted molar refractivity (Wildman–Crippen MR) is 117 cm³/mol. The van der Waals surface area contributed by atoms with Gasteiger partial charge in [-0.25, -0.2) is 4.79 Å². The molecule has 0 aliphatic carbocycles. The van der Waals surface area contributed by atoms with E-state index >= 15 is 0 Å². The van der Waals surface area contributed by atoms with E-state index in [-0.39, 0.29) is 18.1 Å². The lowest BCUT2D eigenvalue weighted by Crippen LogP contribution is -2.47. The lowest BCUT2D eigenvalue weighted by Gasteiger charge is -2.37. The van der Waals surface area contributed by atoms with Gasteiger partial charge in [0, 0.05) is 22.8 Å². The summed E-state index contributed by atoms with van der Waals surface area (Å²) >= 11 is 3.52. The predicted octanol–water partition coefficient (Wildman–Crippen LogP) is 4.77. The van der Waals surface area contributed by atoms with Crippen molar-refractivity contribution in [2.24, 2.45) is 0 Å². The molecule has 0 saturated heterocycles. The first-order valence-electron chi connectivity index (χ1n) is 9.50. The van der Waals surface area contributed by atoms with Crippen molar-refractivity contribution >= 4 is 28.7 Å². The minimum Gasteiger partial charge on any atom is -0.336 e. The fourth-order valence-corrected chi connectivity index (χ4v) is 5.66. The Hall–Kier alpha value is -2.15. The zero-order valence-electron chi connectivity index (χ0n) is 16.2. The number of rotatable bonds is 5. The highest BCUT2D eigenvalue weighted by atomic mass is 32.1. The number of likely N-dealkylation sites (N-methyl/N-ethyl adjacent to an activating group) is 1. The van der Waals surface area contributed by atoms with Crippen LogP contribution >= 0.6 is 22.7 Å². The molecule has 2 atom stereocenters. The summed E-state index contributed by atoms with van der Waals surface area (Å²) in [7, 11) is 4.11. The molecule has 146 valence electrons. The first-order valence-corrected chi connectivity index (χ1v) is 11.3. The molecule has 1 aliphatic heterocycles. The van der Waals surface area contributed by atoms with E-state index < -0.39 is 0 Å². The molecular formula is C22H25N3OS2. The van der Waals surface area contributed by atoms with Crippen molar-refractivity contribution < 1.29 is 4.79 Å². The Morgan fingerprint density at radius 2 is 1.96 bits per heavy atom. The van der Waals surface area contributed by atoms with Crippen LogP contribution in [0.5, 0.6) is 0 Å². The minimum atomic E-state index is -0.0178. The van der Waals surface area contributed by atoms with Gasteiger partial charge in [0.1, 0.15) is 0 Å². The first-order chi connectivity index (χ1) is 13.6. The van der Waals surface area contributed by atoms with Crippen molar-refractivity contribution in [3.8, 4) is 0 Å². The Morgan fingerprint density at radius 3 is 2.68 bits per heavy atom. The molecule has 2 aromatic heterocycles. The van der Waals surface area contributed by atoms with Gasteiger partial charge in [-0.05, 0) is 54.5 Å². The van der Waals surface area contributed by atoms with Gasteiger partial charge >= 0.3 is 6.03 Å². The van der Waals surface area contributed by atoms with Crippen molar-refractivity contribution in [1.29, 1.82) is 0 Å². The maximum absolute atomic E-state index is 13.2. The highest BCUT2D eigenvalue weighted by molar-refractivity contribution is 7.10. The fraction of sp³-hybridized carbons (Fsp3) is 0.318. The van der Waals surface area contributed by atoms with E-state index in [1.165, 1.54) is 20.9 Å². The molecule has 6 heteroatoms. The number of hydrogen-bond donors (Lipinski definition) is 1. The van der Waals surface area contributed by atoms with Crippen molar-refractivity contribution in [3.63, 3.8) is 0 Å². The molecule has 0 saturated carbocycles. The van der Waals surface area contributed by atoms with Gasteiger partial charge in [-0.15, -0.1) is 22.7 Å². The highest BCUT2D eigenvalue weighted by Crippen LogP contribution is 2.37. The summed E-state index contributed by atoms with van der Waals surface area (Å²) in [6, 6.07) is 16.9. The molecular weight excluding hydrogens is 386 g/mol. The zero-order valence-corrected chi connectivity index (χ0v) is 17.8. The van der Waals surface area contributed by atoms with E-state index in [2.05, 4.69) is 65.4 Å². The van der Waals surface area contributed by atoms with Gasteiger partial charge in [0.05, 0.1) is 12.1 Å². The summed E-state index contributed by atoms with van der Waals surface area (Å²) in [5, 5.41) is 7.43. The third-order valence-corrected chi connectivity index (χ3v) is 7.25. The summed E-state index contributed by atoms with van der Waals surface area (Å²) in [5.41, 5.74) is 2.43. The Labute approximate surface area is 174 Å². The van der Waals surface area contributed by atoms with Gasteiger partial charge in [0.15, 0.2) is 0 Å². The summed E-state index contributed by atoms with van der Waals surface area (Å²) in [6.07, 6.45) is 0.922. The van der Waals surface area contributed by atoms with E-state index in [1.807, 2.05) is 23.1 Å². The van der Waals surface area contributed by atoms with Crippen LogP contribution in [0, 0.1) is 0 Å². The number of nitrogens with one attached hydrogen (secondary N) is 1. The molecule has 4 rings (SSSR count). The van der Waals surface area contributed by atoms with Gasteiger partial charge in [-0.2, -0.15) is 0 Å². The molecule has 0 spiro atoms. The average Bonchev–Trinajstić information content (AvgIpc) is 3.39. The number of fused-ring (bicyclic) bond motifs is 1. The van der Waals surface area contributed by atoms with Gasteiger partial charge in [0.2, 0.25) is 0 Å². The van der Waals surface area contributed by atoms with Crippen molar-refractivity contribution in [3.05, 3.63) is 80.2 Å². The maximum atomic E-state index is 13.2. The Morgan fingerprint density at radius 1 is 1.14 bits per heavy atom. The number of thiophene rings is 2. The fourth-order valence-electron chi connectivity index (χ4n) is 3.83. The molecule has 0 unspecified atom stereocenters. The number of hydrogen-bond acceptors (Lipinski definition) is 4. The first kappa shape index (κ1) is 19.2. The van der Waals surface area contributed by atoms with Crippen LogP contribution in [-0.4, -0.2) is 43.0 Å². The number of amides is 2. The standard InChI is InChI=1S/C22H25N3OS2/c1-24(2)18(20-9-6-13-27-20)15-23-22(26)25-12-10-19-17(11-14-28-19)21(25)16-7-4-3-5-8-16/h3-9,11,13-14,18,21H,10,12,15H2,1-2H3,(H,23,26)/t18-,21-/m0/s1. The Balaban J connectivity index is 1.54. The van der Waals surface area contributed by atoms with Crippen LogP contribution in [0.2, 0.25) is 0 Å². The van der Waals surface area contributed by atoms with Crippen molar-refractivity contribution in [2.45, 2.75) is 18.5 Å². The number of urea groups is 1. The zero-order chi connectivity index (χ0) is 19.5. The second-order valence-corrected chi connectivity index (χ2v) is 9.22. The molecule has 1 N–H and O–H groups in total. The van der Waals surface area contributed by atoms with E-state index in [0.717, 1.165) is 13.0 Å². The van der Waals surface area contributed by atoms with Crippen molar-refractivity contribution in [1.82, 2.24) is 15.1 Å². The second-order valence-electron chi connectivity index (χ2n) is 7.24. The third kappa shape index (κ3) is 3.85. The maximum Gasteiger partial charge on any atom is 0.318 e.